The number of benzene rings is 1. The molecular formula is C16H20O3. The molecule has 0 amide bonds. The van der Waals surface area contributed by atoms with Crippen molar-refractivity contribution in [1.29, 1.82) is 0 Å². The standard InChI is InChI=1S/C16H20O3/c1-11(2)19-14-8-6-13(7-9-14)15(10-16(17)18)12-4-3-5-12/h6-12H,3-5H2,1-2H3,(H,17,18)/b15-10+. The Balaban J connectivity index is 2.20. The number of rotatable bonds is 5. The lowest BCUT2D eigenvalue weighted by atomic mass is 9.77. The summed E-state index contributed by atoms with van der Waals surface area (Å²) >= 11 is 0. The van der Waals surface area contributed by atoms with Crippen molar-refractivity contribution in [3.63, 3.8) is 0 Å². The van der Waals surface area contributed by atoms with E-state index >= 15 is 0 Å². The summed E-state index contributed by atoms with van der Waals surface area (Å²) in [5.74, 6) is 0.347. The van der Waals surface area contributed by atoms with E-state index in [4.69, 9.17) is 9.84 Å². The average molecular weight is 260 g/mol. The Bertz CT molecular complexity index is 467. The molecule has 0 bridgehead atoms. The van der Waals surface area contributed by atoms with Crippen molar-refractivity contribution < 1.29 is 14.6 Å². The lowest BCUT2D eigenvalue weighted by molar-refractivity contribution is -0.131. The van der Waals surface area contributed by atoms with Crippen LogP contribution in [0.5, 0.6) is 5.75 Å². The van der Waals surface area contributed by atoms with Crippen molar-refractivity contribution in [3.05, 3.63) is 35.9 Å². The Kier molecular flexibility index (Phi) is 4.25. The van der Waals surface area contributed by atoms with Gasteiger partial charge in [0.15, 0.2) is 0 Å². The van der Waals surface area contributed by atoms with Gasteiger partial charge in [-0.3, -0.25) is 0 Å². The first kappa shape index (κ1) is 13.7. The Morgan fingerprint density at radius 1 is 1.32 bits per heavy atom. The molecule has 0 aliphatic heterocycles. The maximum atomic E-state index is 10.9. The maximum Gasteiger partial charge on any atom is 0.328 e. The van der Waals surface area contributed by atoms with E-state index in [1.54, 1.807) is 0 Å². The van der Waals surface area contributed by atoms with Crippen LogP contribution in [-0.4, -0.2) is 17.2 Å². The highest BCUT2D eigenvalue weighted by Gasteiger charge is 2.23. The van der Waals surface area contributed by atoms with Gasteiger partial charge in [0.25, 0.3) is 0 Å². The molecule has 102 valence electrons. The summed E-state index contributed by atoms with van der Waals surface area (Å²) in [5, 5.41) is 8.99. The molecule has 1 fully saturated rings. The quantitative estimate of drug-likeness (QED) is 0.820. The number of carboxylic acid groups (broad SMARTS) is 1. The van der Waals surface area contributed by atoms with E-state index < -0.39 is 5.97 Å². The van der Waals surface area contributed by atoms with Gasteiger partial charge in [-0.2, -0.15) is 0 Å². The minimum Gasteiger partial charge on any atom is -0.491 e. The molecule has 0 radical (unpaired) electrons. The molecule has 0 saturated heterocycles. The summed E-state index contributed by atoms with van der Waals surface area (Å²) in [4.78, 5) is 10.9. The number of carbonyl (C=O) groups is 1. The van der Waals surface area contributed by atoms with Crippen LogP contribution in [0.25, 0.3) is 5.57 Å². The van der Waals surface area contributed by atoms with Crippen molar-refractivity contribution in [3.8, 4) is 5.75 Å². The molecule has 0 heterocycles. The summed E-state index contributed by atoms with van der Waals surface area (Å²) in [5.41, 5.74) is 1.93. The highest BCUT2D eigenvalue weighted by atomic mass is 16.5. The van der Waals surface area contributed by atoms with Crippen LogP contribution in [0.15, 0.2) is 30.3 Å². The number of carboxylic acids is 1. The van der Waals surface area contributed by atoms with Gasteiger partial charge in [-0.25, -0.2) is 4.79 Å². The van der Waals surface area contributed by atoms with Crippen molar-refractivity contribution in [2.45, 2.75) is 39.2 Å². The van der Waals surface area contributed by atoms with Gasteiger partial charge in [0, 0.05) is 6.08 Å². The molecule has 2 rings (SSSR count). The first-order valence-electron chi connectivity index (χ1n) is 6.78. The van der Waals surface area contributed by atoms with Gasteiger partial charge in [-0.05, 0) is 55.9 Å². The maximum absolute atomic E-state index is 10.9. The fraction of sp³-hybridized carbons (Fsp3) is 0.438. The number of allylic oxidation sites excluding steroid dienone is 1. The third-order valence-corrected chi connectivity index (χ3v) is 3.38. The number of aliphatic carboxylic acids is 1. The van der Waals surface area contributed by atoms with Gasteiger partial charge in [0.1, 0.15) is 5.75 Å². The zero-order chi connectivity index (χ0) is 13.8. The van der Waals surface area contributed by atoms with Crippen molar-refractivity contribution in [2.24, 2.45) is 5.92 Å². The number of hydrogen-bond donors (Lipinski definition) is 1. The third-order valence-electron chi connectivity index (χ3n) is 3.38. The molecule has 19 heavy (non-hydrogen) atoms. The van der Waals surface area contributed by atoms with E-state index in [0.717, 1.165) is 29.7 Å². The average Bonchev–Trinajstić information content (AvgIpc) is 2.25. The van der Waals surface area contributed by atoms with E-state index in [1.165, 1.54) is 12.5 Å². The second-order valence-corrected chi connectivity index (χ2v) is 5.26. The highest BCUT2D eigenvalue weighted by molar-refractivity contribution is 5.90. The van der Waals surface area contributed by atoms with Crippen LogP contribution in [0.3, 0.4) is 0 Å². The smallest absolute Gasteiger partial charge is 0.328 e. The molecule has 3 heteroatoms. The van der Waals surface area contributed by atoms with Gasteiger partial charge in [-0.15, -0.1) is 0 Å². The van der Waals surface area contributed by atoms with Crippen LogP contribution in [0.1, 0.15) is 38.7 Å². The molecule has 3 nitrogen and oxygen atoms in total. The first-order valence-corrected chi connectivity index (χ1v) is 6.78. The van der Waals surface area contributed by atoms with Crippen LogP contribution in [-0.2, 0) is 4.79 Å². The molecule has 1 N–H and O–H groups in total. The monoisotopic (exact) mass is 260 g/mol. The summed E-state index contributed by atoms with van der Waals surface area (Å²) in [6.45, 7) is 3.97. The molecule has 1 aromatic rings. The SMILES string of the molecule is CC(C)Oc1ccc(/C(=C/C(=O)O)C2CCC2)cc1. The van der Waals surface area contributed by atoms with E-state index in [-0.39, 0.29) is 6.10 Å². The lowest BCUT2D eigenvalue weighted by Crippen LogP contribution is -2.14. The molecule has 0 spiro atoms. The minimum absolute atomic E-state index is 0.145. The van der Waals surface area contributed by atoms with E-state index in [0.29, 0.717) is 5.92 Å². The minimum atomic E-state index is -0.871. The van der Waals surface area contributed by atoms with Crippen LogP contribution in [0.2, 0.25) is 0 Å². The largest absolute Gasteiger partial charge is 0.491 e. The van der Waals surface area contributed by atoms with Crippen LogP contribution in [0, 0.1) is 5.92 Å². The normalized spacial score (nSPS) is 16.3. The highest BCUT2D eigenvalue weighted by Crippen LogP contribution is 2.38. The summed E-state index contributed by atoms with van der Waals surface area (Å²) in [6.07, 6.45) is 4.86. The third kappa shape index (κ3) is 3.60. The van der Waals surface area contributed by atoms with Crippen molar-refractivity contribution >= 4 is 11.5 Å². The number of hydrogen-bond acceptors (Lipinski definition) is 2. The van der Waals surface area contributed by atoms with Crippen molar-refractivity contribution in [2.75, 3.05) is 0 Å². The second kappa shape index (κ2) is 5.91. The molecular weight excluding hydrogens is 240 g/mol. The summed E-state index contributed by atoms with van der Waals surface area (Å²) in [6, 6.07) is 7.71. The fourth-order valence-corrected chi connectivity index (χ4v) is 2.29. The van der Waals surface area contributed by atoms with E-state index in [9.17, 15) is 4.79 Å². The van der Waals surface area contributed by atoms with Gasteiger partial charge < -0.3 is 9.84 Å². The van der Waals surface area contributed by atoms with Gasteiger partial charge in [0.2, 0.25) is 0 Å². The molecule has 1 aliphatic rings. The number of ether oxygens (including phenoxy) is 1. The predicted molar refractivity (Wildman–Crippen MR) is 75.2 cm³/mol. The molecule has 0 atom stereocenters. The molecule has 1 aromatic carbocycles. The Morgan fingerprint density at radius 3 is 2.37 bits per heavy atom. The summed E-state index contributed by atoms with van der Waals surface area (Å²) < 4.78 is 5.60. The summed E-state index contributed by atoms with van der Waals surface area (Å²) in [7, 11) is 0. The molecule has 1 aliphatic carbocycles. The van der Waals surface area contributed by atoms with Gasteiger partial charge >= 0.3 is 5.97 Å². The van der Waals surface area contributed by atoms with Crippen LogP contribution in [0.4, 0.5) is 0 Å². The zero-order valence-corrected chi connectivity index (χ0v) is 11.4. The Hall–Kier alpha value is -1.77. The topological polar surface area (TPSA) is 46.5 Å². The Morgan fingerprint density at radius 2 is 1.95 bits per heavy atom. The predicted octanol–water partition coefficient (Wildman–Crippen LogP) is 3.74. The van der Waals surface area contributed by atoms with E-state index in [1.807, 2.05) is 38.1 Å². The molecule has 1 saturated carbocycles. The van der Waals surface area contributed by atoms with Gasteiger partial charge in [0.05, 0.1) is 6.10 Å². The zero-order valence-electron chi connectivity index (χ0n) is 11.4. The van der Waals surface area contributed by atoms with Crippen molar-refractivity contribution in [1.82, 2.24) is 0 Å². The van der Waals surface area contributed by atoms with Gasteiger partial charge in [-0.1, -0.05) is 18.6 Å². The Labute approximate surface area is 113 Å². The molecule has 0 unspecified atom stereocenters. The van der Waals surface area contributed by atoms with Crippen LogP contribution >= 0.6 is 0 Å². The van der Waals surface area contributed by atoms with Crippen LogP contribution < -0.4 is 4.74 Å². The first-order chi connectivity index (χ1) is 9.06. The van der Waals surface area contributed by atoms with E-state index in [2.05, 4.69) is 0 Å². The fourth-order valence-electron chi connectivity index (χ4n) is 2.29. The lowest BCUT2D eigenvalue weighted by Gasteiger charge is -2.28. The second-order valence-electron chi connectivity index (χ2n) is 5.26. The molecule has 0 aromatic heterocycles.